The molecule has 0 saturated heterocycles. The van der Waals surface area contributed by atoms with Gasteiger partial charge in [-0.1, -0.05) is 13.8 Å². The summed E-state index contributed by atoms with van der Waals surface area (Å²) in [6, 6.07) is 3.08. The molecule has 6 nitrogen and oxygen atoms in total. The monoisotopic (exact) mass is 278 g/mol. The van der Waals surface area contributed by atoms with Gasteiger partial charge < -0.3 is 10.4 Å². The minimum Gasteiger partial charge on any atom is -0.478 e. The molecule has 19 heavy (non-hydrogen) atoms. The summed E-state index contributed by atoms with van der Waals surface area (Å²) in [6.07, 6.45) is 0. The third-order valence-electron chi connectivity index (χ3n) is 2.45. The molecule has 0 bridgehead atoms. The van der Waals surface area contributed by atoms with Gasteiger partial charge in [0.1, 0.15) is 11.6 Å². The van der Waals surface area contributed by atoms with Crippen LogP contribution in [0.25, 0.3) is 0 Å². The van der Waals surface area contributed by atoms with Crippen LogP contribution in [-0.4, -0.2) is 25.4 Å². The molecule has 0 aromatic carbocycles. The zero-order chi connectivity index (χ0) is 14.0. The number of hydrogen-bond donors (Lipinski definition) is 2. The minimum atomic E-state index is -0.971. The lowest BCUT2D eigenvalue weighted by atomic mass is 10.1. The van der Waals surface area contributed by atoms with E-state index in [4.69, 9.17) is 5.11 Å². The van der Waals surface area contributed by atoms with E-state index in [2.05, 4.69) is 19.7 Å². The van der Waals surface area contributed by atoms with Crippen molar-refractivity contribution in [2.24, 2.45) is 0 Å². The lowest BCUT2D eigenvalue weighted by Gasteiger charge is -2.09. The number of carboxylic acid groups (broad SMARTS) is 1. The van der Waals surface area contributed by atoms with Crippen molar-refractivity contribution in [3.05, 3.63) is 29.2 Å². The van der Waals surface area contributed by atoms with Gasteiger partial charge in [-0.2, -0.15) is 4.37 Å². The molecular formula is C12H14N4O2S. The Bertz CT molecular complexity index is 610. The molecule has 2 aromatic rings. The van der Waals surface area contributed by atoms with Crippen LogP contribution in [-0.2, 0) is 0 Å². The van der Waals surface area contributed by atoms with E-state index in [-0.39, 0.29) is 11.5 Å². The van der Waals surface area contributed by atoms with Gasteiger partial charge >= 0.3 is 5.97 Å². The van der Waals surface area contributed by atoms with Crippen molar-refractivity contribution in [3.8, 4) is 0 Å². The van der Waals surface area contributed by atoms with Gasteiger partial charge in [0, 0.05) is 17.2 Å². The molecule has 2 rings (SSSR count). The van der Waals surface area contributed by atoms with Gasteiger partial charge in [0.25, 0.3) is 0 Å². The summed E-state index contributed by atoms with van der Waals surface area (Å²) in [7, 11) is 0. The highest BCUT2D eigenvalue weighted by Crippen LogP contribution is 2.21. The summed E-state index contributed by atoms with van der Waals surface area (Å²) in [5, 5.41) is 12.7. The van der Waals surface area contributed by atoms with Crippen molar-refractivity contribution in [2.75, 3.05) is 5.32 Å². The minimum absolute atomic E-state index is 0.149. The quantitative estimate of drug-likeness (QED) is 0.894. The maximum atomic E-state index is 11.1. The van der Waals surface area contributed by atoms with Gasteiger partial charge in [-0.3, -0.25) is 0 Å². The third-order valence-corrected chi connectivity index (χ3v) is 3.17. The number of pyridine rings is 1. The Balaban J connectivity index is 2.36. The van der Waals surface area contributed by atoms with Gasteiger partial charge in [0.15, 0.2) is 0 Å². The number of carbonyl (C=O) groups is 1. The van der Waals surface area contributed by atoms with Crippen LogP contribution in [0.5, 0.6) is 0 Å². The van der Waals surface area contributed by atoms with Gasteiger partial charge in [-0.15, -0.1) is 0 Å². The van der Waals surface area contributed by atoms with E-state index in [1.165, 1.54) is 17.6 Å². The molecule has 0 aliphatic heterocycles. The molecule has 0 fully saturated rings. The molecule has 2 aromatic heterocycles. The van der Waals surface area contributed by atoms with Gasteiger partial charge in [-0.05, 0) is 25.0 Å². The van der Waals surface area contributed by atoms with Gasteiger partial charge in [0.05, 0.1) is 5.56 Å². The van der Waals surface area contributed by atoms with Crippen LogP contribution in [0, 0.1) is 6.92 Å². The molecule has 0 aliphatic carbocycles. The summed E-state index contributed by atoms with van der Waals surface area (Å²) in [4.78, 5) is 19.7. The van der Waals surface area contributed by atoms with E-state index in [0.717, 1.165) is 5.69 Å². The van der Waals surface area contributed by atoms with Crippen LogP contribution < -0.4 is 5.32 Å². The highest BCUT2D eigenvalue weighted by atomic mass is 32.1. The molecule has 0 atom stereocenters. The van der Waals surface area contributed by atoms with Crippen LogP contribution in [0.1, 0.15) is 41.6 Å². The number of carboxylic acids is 1. The SMILES string of the molecule is Cc1nsc(Nc2cc(C(=O)O)cc(C(C)C)n2)n1. The second-order valence-corrected chi connectivity index (χ2v) is 5.15. The molecule has 0 unspecified atom stereocenters. The normalized spacial score (nSPS) is 10.7. The standard InChI is InChI=1S/C12H14N4O2S/c1-6(2)9-4-8(11(17)18)5-10(14-9)15-12-13-7(3)16-19-12/h4-6H,1-3H3,(H,17,18)(H,13,14,15,16). The lowest BCUT2D eigenvalue weighted by molar-refractivity contribution is 0.0696. The van der Waals surface area contributed by atoms with Gasteiger partial charge in [-0.25, -0.2) is 14.8 Å². The Morgan fingerprint density at radius 1 is 1.37 bits per heavy atom. The average Bonchev–Trinajstić information content (AvgIpc) is 2.74. The first kappa shape index (κ1) is 13.4. The Morgan fingerprint density at radius 3 is 2.63 bits per heavy atom. The van der Waals surface area contributed by atoms with Crippen LogP contribution in [0.4, 0.5) is 10.9 Å². The number of aromatic carboxylic acids is 1. The zero-order valence-electron chi connectivity index (χ0n) is 10.8. The van der Waals surface area contributed by atoms with E-state index in [1.54, 1.807) is 13.0 Å². The number of nitrogens with zero attached hydrogens (tertiary/aromatic N) is 3. The highest BCUT2D eigenvalue weighted by Gasteiger charge is 2.12. The van der Waals surface area contributed by atoms with E-state index in [1.807, 2.05) is 13.8 Å². The third kappa shape index (κ3) is 3.25. The number of nitrogens with one attached hydrogen (secondary N) is 1. The predicted molar refractivity (Wildman–Crippen MR) is 73.2 cm³/mol. The summed E-state index contributed by atoms with van der Waals surface area (Å²) in [5.41, 5.74) is 0.936. The second-order valence-electron chi connectivity index (χ2n) is 4.40. The van der Waals surface area contributed by atoms with Crippen molar-refractivity contribution < 1.29 is 9.90 Å². The number of anilines is 2. The lowest BCUT2D eigenvalue weighted by Crippen LogP contribution is -2.04. The second kappa shape index (κ2) is 5.31. The van der Waals surface area contributed by atoms with Crippen molar-refractivity contribution in [3.63, 3.8) is 0 Å². The number of hydrogen-bond acceptors (Lipinski definition) is 6. The Morgan fingerprint density at radius 2 is 2.11 bits per heavy atom. The Kier molecular flexibility index (Phi) is 3.75. The van der Waals surface area contributed by atoms with Crippen LogP contribution in [0.15, 0.2) is 12.1 Å². The number of rotatable bonds is 4. The van der Waals surface area contributed by atoms with Gasteiger partial charge in [0.2, 0.25) is 5.13 Å². The van der Waals surface area contributed by atoms with Crippen LogP contribution >= 0.6 is 11.5 Å². The summed E-state index contributed by atoms with van der Waals surface area (Å²) < 4.78 is 4.05. The summed E-state index contributed by atoms with van der Waals surface area (Å²) in [6.45, 7) is 5.72. The molecule has 100 valence electrons. The Hall–Kier alpha value is -2.02. The van der Waals surface area contributed by atoms with Crippen molar-refractivity contribution in [1.82, 2.24) is 14.3 Å². The van der Waals surface area contributed by atoms with E-state index in [9.17, 15) is 4.79 Å². The van der Waals surface area contributed by atoms with Crippen molar-refractivity contribution in [1.29, 1.82) is 0 Å². The molecule has 0 amide bonds. The maximum absolute atomic E-state index is 11.1. The van der Waals surface area contributed by atoms with E-state index in [0.29, 0.717) is 16.8 Å². The van der Waals surface area contributed by atoms with Crippen LogP contribution in [0.2, 0.25) is 0 Å². The number of aromatic nitrogens is 3. The highest BCUT2D eigenvalue weighted by molar-refractivity contribution is 7.09. The first-order valence-corrected chi connectivity index (χ1v) is 6.55. The largest absolute Gasteiger partial charge is 0.478 e. The van der Waals surface area contributed by atoms with Crippen molar-refractivity contribution >= 4 is 28.5 Å². The smallest absolute Gasteiger partial charge is 0.335 e. The fraction of sp³-hybridized carbons (Fsp3) is 0.333. The molecular weight excluding hydrogens is 264 g/mol. The number of aryl methyl sites for hydroxylation is 1. The molecule has 0 aliphatic rings. The van der Waals surface area contributed by atoms with E-state index >= 15 is 0 Å². The van der Waals surface area contributed by atoms with Crippen LogP contribution in [0.3, 0.4) is 0 Å². The first-order chi connectivity index (χ1) is 8.95. The Labute approximate surface area is 114 Å². The molecule has 2 heterocycles. The summed E-state index contributed by atoms with van der Waals surface area (Å²) >= 11 is 1.21. The molecule has 0 spiro atoms. The maximum Gasteiger partial charge on any atom is 0.335 e. The van der Waals surface area contributed by atoms with Crippen molar-refractivity contribution in [2.45, 2.75) is 26.7 Å². The molecule has 7 heteroatoms. The summed E-state index contributed by atoms with van der Waals surface area (Å²) in [5.74, 6) is 0.322. The first-order valence-electron chi connectivity index (χ1n) is 5.78. The topological polar surface area (TPSA) is 88.0 Å². The molecule has 0 radical (unpaired) electrons. The predicted octanol–water partition coefficient (Wildman–Crippen LogP) is 2.81. The molecule has 0 saturated carbocycles. The molecule has 2 N–H and O–H groups in total. The average molecular weight is 278 g/mol. The van der Waals surface area contributed by atoms with E-state index < -0.39 is 5.97 Å². The zero-order valence-corrected chi connectivity index (χ0v) is 11.7. The fourth-order valence-electron chi connectivity index (χ4n) is 1.49. The fourth-order valence-corrected chi connectivity index (χ4v) is 2.08.